The van der Waals surface area contributed by atoms with Crippen molar-refractivity contribution >= 4 is 29.3 Å². The summed E-state index contributed by atoms with van der Waals surface area (Å²) in [5, 5.41) is 6.57. The number of nitrogens with one attached hydrogen (secondary N) is 2. The fraction of sp³-hybridized carbons (Fsp3) is 0.391. The van der Waals surface area contributed by atoms with Crippen molar-refractivity contribution in [2.45, 2.75) is 11.3 Å². The van der Waals surface area contributed by atoms with Gasteiger partial charge in [-0.2, -0.15) is 0 Å². The first-order chi connectivity index (χ1) is 15.1. The van der Waals surface area contributed by atoms with Crippen molar-refractivity contribution in [3.8, 4) is 5.75 Å². The van der Waals surface area contributed by atoms with Crippen molar-refractivity contribution < 1.29 is 14.3 Å². The van der Waals surface area contributed by atoms with Crippen LogP contribution in [0.5, 0.6) is 5.75 Å². The number of likely N-dealkylation sites (N-methyl/N-ethyl adjacent to an activating group) is 1. The van der Waals surface area contributed by atoms with Crippen molar-refractivity contribution in [1.82, 2.24) is 10.2 Å². The molecule has 0 radical (unpaired) electrons. The Balaban J connectivity index is 1.94. The van der Waals surface area contributed by atoms with Crippen molar-refractivity contribution in [2.75, 3.05) is 58.6 Å². The molecular formula is C23H32N4O3S. The Labute approximate surface area is 189 Å². The van der Waals surface area contributed by atoms with Crippen LogP contribution < -0.4 is 15.4 Å². The van der Waals surface area contributed by atoms with E-state index in [9.17, 15) is 4.79 Å². The Bertz CT molecular complexity index is 815. The molecule has 0 bridgehead atoms. The number of nitrogens with zero attached hydrogens (tertiary/aromatic N) is 2. The van der Waals surface area contributed by atoms with Crippen LogP contribution in [0.15, 0.2) is 64.5 Å². The summed E-state index contributed by atoms with van der Waals surface area (Å²) < 4.78 is 10.8. The summed E-state index contributed by atoms with van der Waals surface area (Å²) in [7, 11) is 5.12. The standard InChI is InChI=1S/C23H32N4O3S/c1-27(2)22(28)18-25-23(24-13-16-31-21-11-5-4-6-12-21)26-19-9-7-10-20(17-19)30-15-8-14-29-3/h4-7,9-12,17H,8,13-16,18H2,1-3H3,(H2,24,25,26). The van der Waals surface area contributed by atoms with Crippen LogP contribution in [0.25, 0.3) is 0 Å². The second kappa shape index (κ2) is 14.3. The van der Waals surface area contributed by atoms with Gasteiger partial charge in [0.2, 0.25) is 5.91 Å². The summed E-state index contributed by atoms with van der Waals surface area (Å²) in [6.07, 6.45) is 0.828. The smallest absolute Gasteiger partial charge is 0.243 e. The Hall–Kier alpha value is -2.71. The van der Waals surface area contributed by atoms with Gasteiger partial charge in [0.1, 0.15) is 12.3 Å². The first-order valence-electron chi connectivity index (χ1n) is 10.2. The molecule has 0 spiro atoms. The zero-order chi connectivity index (χ0) is 22.3. The fourth-order valence-electron chi connectivity index (χ4n) is 2.48. The van der Waals surface area contributed by atoms with Gasteiger partial charge in [0, 0.05) is 63.2 Å². The molecule has 0 aromatic heterocycles. The molecule has 0 aliphatic heterocycles. The lowest BCUT2D eigenvalue weighted by Crippen LogP contribution is -2.34. The van der Waals surface area contributed by atoms with Gasteiger partial charge in [-0.25, -0.2) is 4.99 Å². The molecule has 2 rings (SSSR count). The number of guanidine groups is 1. The molecular weight excluding hydrogens is 412 g/mol. The maximum absolute atomic E-state index is 12.0. The van der Waals surface area contributed by atoms with Crippen LogP contribution >= 0.6 is 11.8 Å². The number of anilines is 1. The predicted octanol–water partition coefficient (Wildman–Crippen LogP) is 3.34. The van der Waals surface area contributed by atoms with E-state index in [0.29, 0.717) is 25.7 Å². The van der Waals surface area contributed by atoms with E-state index < -0.39 is 0 Å². The lowest BCUT2D eigenvalue weighted by atomic mass is 10.3. The number of carbonyl (C=O) groups is 1. The first kappa shape index (κ1) is 24.6. The summed E-state index contributed by atoms with van der Waals surface area (Å²) in [5.41, 5.74) is 0.837. The van der Waals surface area contributed by atoms with E-state index >= 15 is 0 Å². The van der Waals surface area contributed by atoms with Gasteiger partial charge in [-0.3, -0.25) is 4.79 Å². The molecule has 0 saturated heterocycles. The third-order valence-electron chi connectivity index (χ3n) is 4.14. The average molecular weight is 445 g/mol. The number of hydrogen-bond donors (Lipinski definition) is 2. The Kier molecular flexibility index (Phi) is 11.3. The van der Waals surface area contributed by atoms with Crippen LogP contribution in [0.3, 0.4) is 0 Å². The monoisotopic (exact) mass is 444 g/mol. The van der Waals surface area contributed by atoms with Gasteiger partial charge in [0.15, 0.2) is 5.96 Å². The van der Waals surface area contributed by atoms with E-state index in [0.717, 1.165) is 23.6 Å². The Morgan fingerprint density at radius 1 is 1.10 bits per heavy atom. The summed E-state index contributed by atoms with van der Waals surface area (Å²) >= 11 is 1.76. The third-order valence-corrected chi connectivity index (χ3v) is 5.15. The highest BCUT2D eigenvalue weighted by molar-refractivity contribution is 7.99. The topological polar surface area (TPSA) is 75.2 Å². The quantitative estimate of drug-likeness (QED) is 0.226. The summed E-state index contributed by atoms with van der Waals surface area (Å²) in [6.45, 7) is 2.03. The van der Waals surface area contributed by atoms with Gasteiger partial charge in [-0.05, 0) is 24.3 Å². The predicted molar refractivity (Wildman–Crippen MR) is 128 cm³/mol. The van der Waals surface area contributed by atoms with E-state index in [1.165, 1.54) is 9.80 Å². The van der Waals surface area contributed by atoms with Gasteiger partial charge in [-0.15, -0.1) is 11.8 Å². The van der Waals surface area contributed by atoms with Crippen LogP contribution in [-0.2, 0) is 9.53 Å². The van der Waals surface area contributed by atoms with E-state index in [1.54, 1.807) is 33.0 Å². The minimum Gasteiger partial charge on any atom is -0.493 e. The zero-order valence-corrected chi connectivity index (χ0v) is 19.3. The van der Waals surface area contributed by atoms with Crippen LogP contribution in [0.4, 0.5) is 5.69 Å². The second-order valence-electron chi connectivity index (χ2n) is 6.89. The highest BCUT2D eigenvalue weighted by Gasteiger charge is 2.06. The van der Waals surface area contributed by atoms with E-state index in [2.05, 4.69) is 27.8 Å². The number of benzene rings is 2. The van der Waals surface area contributed by atoms with Crippen LogP contribution in [-0.4, -0.2) is 70.0 Å². The van der Waals surface area contributed by atoms with Crippen molar-refractivity contribution in [1.29, 1.82) is 0 Å². The van der Waals surface area contributed by atoms with Crippen molar-refractivity contribution in [3.05, 3.63) is 54.6 Å². The number of thioether (sulfide) groups is 1. The van der Waals surface area contributed by atoms with Gasteiger partial charge >= 0.3 is 0 Å². The molecule has 0 unspecified atom stereocenters. The number of ether oxygens (including phenoxy) is 2. The van der Waals surface area contributed by atoms with Crippen LogP contribution in [0.2, 0.25) is 0 Å². The Morgan fingerprint density at radius 3 is 2.65 bits per heavy atom. The highest BCUT2D eigenvalue weighted by atomic mass is 32.2. The largest absolute Gasteiger partial charge is 0.493 e. The zero-order valence-electron chi connectivity index (χ0n) is 18.5. The number of amides is 1. The normalized spacial score (nSPS) is 11.1. The molecule has 8 heteroatoms. The molecule has 0 heterocycles. The van der Waals surface area contributed by atoms with E-state index in [4.69, 9.17) is 9.47 Å². The number of rotatable bonds is 12. The maximum Gasteiger partial charge on any atom is 0.243 e. The number of carbonyl (C=O) groups excluding carboxylic acids is 1. The summed E-state index contributed by atoms with van der Waals surface area (Å²) in [5.74, 6) is 2.13. The van der Waals surface area contributed by atoms with Crippen molar-refractivity contribution in [3.63, 3.8) is 0 Å². The summed E-state index contributed by atoms with van der Waals surface area (Å²) in [6, 6.07) is 17.9. The lowest BCUT2D eigenvalue weighted by molar-refractivity contribution is -0.127. The molecule has 0 saturated carbocycles. The van der Waals surface area contributed by atoms with Gasteiger partial charge < -0.3 is 25.0 Å². The average Bonchev–Trinajstić information content (AvgIpc) is 2.78. The fourth-order valence-corrected chi connectivity index (χ4v) is 3.27. The van der Waals surface area contributed by atoms with E-state index in [-0.39, 0.29) is 12.5 Å². The molecule has 0 fully saturated rings. The SMILES string of the molecule is COCCCOc1cccc(NC(=NCC(=O)N(C)C)NCCSc2ccccc2)c1. The lowest BCUT2D eigenvalue weighted by Gasteiger charge is -2.15. The van der Waals surface area contributed by atoms with Gasteiger partial charge in [-0.1, -0.05) is 24.3 Å². The van der Waals surface area contributed by atoms with Gasteiger partial charge in [0.25, 0.3) is 0 Å². The number of methoxy groups -OCH3 is 1. The minimum atomic E-state index is -0.0602. The molecule has 168 valence electrons. The van der Waals surface area contributed by atoms with Crippen molar-refractivity contribution in [2.24, 2.45) is 4.99 Å². The Morgan fingerprint density at radius 2 is 1.90 bits per heavy atom. The molecule has 1 amide bonds. The maximum atomic E-state index is 12.0. The van der Waals surface area contributed by atoms with Crippen LogP contribution in [0.1, 0.15) is 6.42 Å². The molecule has 7 nitrogen and oxygen atoms in total. The highest BCUT2D eigenvalue weighted by Crippen LogP contribution is 2.18. The first-order valence-corrected chi connectivity index (χ1v) is 11.2. The minimum absolute atomic E-state index is 0.0602. The number of aliphatic imine (C=N–C) groups is 1. The second-order valence-corrected chi connectivity index (χ2v) is 8.06. The molecule has 31 heavy (non-hydrogen) atoms. The van der Waals surface area contributed by atoms with Crippen LogP contribution in [0, 0.1) is 0 Å². The van der Waals surface area contributed by atoms with Gasteiger partial charge in [0.05, 0.1) is 6.61 Å². The molecule has 0 aliphatic carbocycles. The molecule has 0 atom stereocenters. The molecule has 2 aromatic rings. The summed E-state index contributed by atoms with van der Waals surface area (Å²) in [4.78, 5) is 19.2. The van der Waals surface area contributed by atoms with E-state index in [1.807, 2.05) is 42.5 Å². The third kappa shape index (κ3) is 10.2. The molecule has 0 aliphatic rings. The molecule has 2 N–H and O–H groups in total. The molecule has 2 aromatic carbocycles. The number of hydrogen-bond acceptors (Lipinski definition) is 5.